The Kier molecular flexibility index (Phi) is 5.93. The highest BCUT2D eigenvalue weighted by Gasteiger charge is 2.44. The van der Waals surface area contributed by atoms with Crippen molar-refractivity contribution in [2.75, 3.05) is 31.2 Å². The summed E-state index contributed by atoms with van der Waals surface area (Å²) < 4.78 is 46.2. The summed E-state index contributed by atoms with van der Waals surface area (Å²) in [5.41, 5.74) is 0.764. The largest absolute Gasteiger partial charge is 0.416 e. The minimum atomic E-state index is -4.50. The third-order valence-electron chi connectivity index (χ3n) is 5.66. The average Bonchev–Trinajstić information content (AvgIpc) is 3.53. The molecule has 2 aliphatic rings. The van der Waals surface area contributed by atoms with Crippen LogP contribution in [0.15, 0.2) is 42.5 Å². The van der Waals surface area contributed by atoms with Crippen LogP contribution in [-0.2, 0) is 22.3 Å². The Labute approximate surface area is 178 Å². The number of morpholine rings is 1. The Morgan fingerprint density at radius 3 is 2.60 bits per heavy atom. The molecule has 30 heavy (non-hydrogen) atoms. The molecule has 8 heteroatoms. The summed E-state index contributed by atoms with van der Waals surface area (Å²) in [5.74, 6) is -0.485. The number of hydrogen-bond donors (Lipinski definition) is 1. The van der Waals surface area contributed by atoms with E-state index in [0.717, 1.165) is 11.6 Å². The van der Waals surface area contributed by atoms with Gasteiger partial charge in [-0.05, 0) is 41.7 Å². The number of halogens is 4. The summed E-state index contributed by atoms with van der Waals surface area (Å²) in [4.78, 5) is 14.4. The van der Waals surface area contributed by atoms with Crippen molar-refractivity contribution < 1.29 is 22.7 Å². The smallest absolute Gasteiger partial charge is 0.378 e. The normalized spacial score (nSPS) is 21.4. The molecule has 2 aromatic rings. The number of carbonyl (C=O) groups is 1. The third-order valence-corrected chi connectivity index (χ3v) is 6.00. The topological polar surface area (TPSA) is 41.6 Å². The molecular weight excluding hydrogens is 417 g/mol. The molecule has 2 atom stereocenters. The summed E-state index contributed by atoms with van der Waals surface area (Å²) in [5, 5.41) is 3.28. The molecule has 4 nitrogen and oxygen atoms in total. The highest BCUT2D eigenvalue weighted by molar-refractivity contribution is 6.31. The van der Waals surface area contributed by atoms with Crippen LogP contribution in [0.4, 0.5) is 18.9 Å². The van der Waals surface area contributed by atoms with Crippen LogP contribution in [0.3, 0.4) is 0 Å². The van der Waals surface area contributed by atoms with Gasteiger partial charge in [-0.1, -0.05) is 35.9 Å². The van der Waals surface area contributed by atoms with Crippen molar-refractivity contribution in [2.45, 2.75) is 25.1 Å². The van der Waals surface area contributed by atoms with Gasteiger partial charge in [-0.2, -0.15) is 13.2 Å². The maximum Gasteiger partial charge on any atom is 0.416 e. The second-order valence-corrected chi connectivity index (χ2v) is 8.03. The van der Waals surface area contributed by atoms with E-state index in [0.29, 0.717) is 43.4 Å². The number of anilines is 1. The fourth-order valence-corrected chi connectivity index (χ4v) is 4.19. The number of ether oxygens (including phenoxy) is 1. The number of nitrogens with zero attached hydrogens (tertiary/aromatic N) is 1. The number of hydrogen-bond acceptors (Lipinski definition) is 3. The van der Waals surface area contributed by atoms with Gasteiger partial charge in [-0.25, -0.2) is 0 Å². The van der Waals surface area contributed by atoms with Gasteiger partial charge in [-0.15, -0.1) is 0 Å². The molecule has 1 aliphatic heterocycles. The van der Waals surface area contributed by atoms with Gasteiger partial charge in [0.05, 0.1) is 18.8 Å². The molecule has 1 aliphatic carbocycles. The first-order valence-electron chi connectivity index (χ1n) is 9.89. The van der Waals surface area contributed by atoms with Crippen LogP contribution in [0.1, 0.15) is 29.0 Å². The Bertz CT molecular complexity index is 929. The number of benzene rings is 2. The zero-order valence-electron chi connectivity index (χ0n) is 16.2. The van der Waals surface area contributed by atoms with E-state index in [1.54, 1.807) is 12.1 Å². The molecular formula is C22H22ClF3N2O2. The fourth-order valence-electron chi connectivity index (χ4n) is 3.92. The number of carbonyl (C=O) groups excluding carboxylic acids is 1. The third kappa shape index (κ3) is 4.57. The van der Waals surface area contributed by atoms with Crippen LogP contribution in [0.25, 0.3) is 0 Å². The lowest BCUT2D eigenvalue weighted by Gasteiger charge is -2.29. The van der Waals surface area contributed by atoms with Gasteiger partial charge < -0.3 is 15.0 Å². The summed E-state index contributed by atoms with van der Waals surface area (Å²) in [7, 11) is 0. The molecule has 0 spiro atoms. The summed E-state index contributed by atoms with van der Waals surface area (Å²) in [6.07, 6.45) is -3.85. The van der Waals surface area contributed by atoms with Crippen molar-refractivity contribution in [3.63, 3.8) is 0 Å². The molecule has 2 fully saturated rings. The van der Waals surface area contributed by atoms with Crippen LogP contribution in [0, 0.1) is 5.92 Å². The molecule has 160 valence electrons. The molecule has 2 unspecified atom stereocenters. The van der Waals surface area contributed by atoms with E-state index in [4.69, 9.17) is 16.3 Å². The SMILES string of the molecule is O=C(NCc1ccc(N2CCOCC2)cc1C(F)(F)F)C1CC1c1ccccc1Cl. The lowest BCUT2D eigenvalue weighted by atomic mass is 10.0. The van der Waals surface area contributed by atoms with Crippen molar-refractivity contribution in [3.05, 3.63) is 64.2 Å². The van der Waals surface area contributed by atoms with Crippen LogP contribution < -0.4 is 10.2 Å². The Balaban J connectivity index is 1.44. The average molecular weight is 439 g/mol. The number of rotatable bonds is 5. The van der Waals surface area contributed by atoms with Crippen LogP contribution >= 0.6 is 11.6 Å². The minimum absolute atomic E-state index is 0.0180. The van der Waals surface area contributed by atoms with E-state index < -0.39 is 11.7 Å². The molecule has 0 radical (unpaired) electrons. The molecule has 1 heterocycles. The van der Waals surface area contributed by atoms with Gasteiger partial charge in [0.15, 0.2) is 0 Å². The highest BCUT2D eigenvalue weighted by Crippen LogP contribution is 2.49. The summed E-state index contributed by atoms with van der Waals surface area (Å²) >= 11 is 6.18. The van der Waals surface area contributed by atoms with Crippen molar-refractivity contribution in [1.82, 2.24) is 5.32 Å². The van der Waals surface area contributed by atoms with Gasteiger partial charge in [-0.3, -0.25) is 4.79 Å². The molecule has 0 aromatic heterocycles. The lowest BCUT2D eigenvalue weighted by Crippen LogP contribution is -2.36. The molecule has 4 rings (SSSR count). The van der Waals surface area contributed by atoms with Crippen LogP contribution in [0.5, 0.6) is 0 Å². The van der Waals surface area contributed by atoms with Gasteiger partial charge in [0.2, 0.25) is 5.91 Å². The second kappa shape index (κ2) is 8.47. The predicted molar refractivity (Wildman–Crippen MR) is 109 cm³/mol. The fraction of sp³-hybridized carbons (Fsp3) is 0.409. The molecule has 1 saturated heterocycles. The standard InChI is InChI=1S/C22H22ClF3N2O2/c23-20-4-2-1-3-16(20)17-12-18(17)21(29)27-13-14-5-6-15(11-19(14)22(24,25)26)28-7-9-30-10-8-28/h1-6,11,17-18H,7-10,12-13H2,(H,27,29). The highest BCUT2D eigenvalue weighted by atomic mass is 35.5. The summed E-state index contributed by atoms with van der Waals surface area (Å²) in [6, 6.07) is 11.6. The monoisotopic (exact) mass is 438 g/mol. The molecule has 2 aromatic carbocycles. The molecule has 1 saturated carbocycles. The van der Waals surface area contributed by atoms with Crippen molar-refractivity contribution in [2.24, 2.45) is 5.92 Å². The Morgan fingerprint density at radius 2 is 1.90 bits per heavy atom. The maximum absolute atomic E-state index is 13.6. The van der Waals surface area contributed by atoms with E-state index in [1.807, 2.05) is 23.1 Å². The van der Waals surface area contributed by atoms with Crippen molar-refractivity contribution >= 4 is 23.2 Å². The Morgan fingerprint density at radius 1 is 1.17 bits per heavy atom. The molecule has 1 amide bonds. The minimum Gasteiger partial charge on any atom is -0.378 e. The van der Waals surface area contributed by atoms with Gasteiger partial charge in [0.1, 0.15) is 0 Å². The van der Waals surface area contributed by atoms with E-state index in [9.17, 15) is 18.0 Å². The molecule has 0 bridgehead atoms. The van der Waals surface area contributed by atoms with Gasteiger partial charge in [0.25, 0.3) is 0 Å². The van der Waals surface area contributed by atoms with Gasteiger partial charge >= 0.3 is 6.18 Å². The van der Waals surface area contributed by atoms with Gasteiger partial charge in [0, 0.05) is 36.3 Å². The quantitative estimate of drug-likeness (QED) is 0.741. The van der Waals surface area contributed by atoms with E-state index in [1.165, 1.54) is 6.07 Å². The van der Waals surface area contributed by atoms with E-state index in [-0.39, 0.29) is 29.9 Å². The first-order chi connectivity index (χ1) is 14.3. The lowest BCUT2D eigenvalue weighted by molar-refractivity contribution is -0.138. The zero-order chi connectivity index (χ0) is 21.3. The maximum atomic E-state index is 13.6. The number of amides is 1. The van der Waals surface area contributed by atoms with Crippen LogP contribution in [0.2, 0.25) is 5.02 Å². The van der Waals surface area contributed by atoms with Crippen molar-refractivity contribution in [1.29, 1.82) is 0 Å². The van der Waals surface area contributed by atoms with E-state index >= 15 is 0 Å². The van der Waals surface area contributed by atoms with Crippen LogP contribution in [-0.4, -0.2) is 32.2 Å². The first-order valence-corrected chi connectivity index (χ1v) is 10.3. The predicted octanol–water partition coefficient (Wildman–Crippen LogP) is 4.62. The second-order valence-electron chi connectivity index (χ2n) is 7.63. The Hall–Kier alpha value is -2.25. The number of nitrogens with one attached hydrogen (secondary N) is 1. The number of alkyl halides is 3. The first kappa shape index (κ1) is 21.0. The zero-order valence-corrected chi connectivity index (χ0v) is 17.0. The molecule has 1 N–H and O–H groups in total. The van der Waals surface area contributed by atoms with E-state index in [2.05, 4.69) is 5.32 Å². The summed E-state index contributed by atoms with van der Waals surface area (Å²) in [6.45, 7) is 1.93. The van der Waals surface area contributed by atoms with Crippen molar-refractivity contribution in [3.8, 4) is 0 Å².